The summed E-state index contributed by atoms with van der Waals surface area (Å²) < 4.78 is 121. The van der Waals surface area contributed by atoms with Crippen LogP contribution < -0.4 is 5.32 Å². The number of esters is 5. The van der Waals surface area contributed by atoms with Gasteiger partial charge in [0.05, 0.1) is 41.2 Å². The molecule has 8 aliphatic rings. The molecule has 8 fully saturated rings. The zero-order valence-electron chi connectivity index (χ0n) is 37.7. The number of fused-ring (bicyclic) bond motifs is 9. The molecule has 0 unspecified atom stereocenters. The van der Waals surface area contributed by atoms with Crippen molar-refractivity contribution in [2.45, 2.75) is 139 Å². The molecule has 23 heteroatoms. The molecule has 0 radical (unpaired) electrons. The van der Waals surface area contributed by atoms with Crippen molar-refractivity contribution in [2.75, 3.05) is 7.11 Å². The van der Waals surface area contributed by atoms with Gasteiger partial charge in [-0.2, -0.15) is 21.6 Å². The number of hydrogen-bond donors (Lipinski definition) is 3. The number of carbonyl (C=O) groups excluding carboxylic acids is 6. The first-order chi connectivity index (χ1) is 31.0. The van der Waals surface area contributed by atoms with Gasteiger partial charge in [-0.25, -0.2) is 9.59 Å². The number of rotatable bonds is 8. The third-order valence-electron chi connectivity index (χ3n) is 17.3. The second-order valence-electron chi connectivity index (χ2n) is 20.3. The van der Waals surface area contributed by atoms with Crippen molar-refractivity contribution in [1.82, 2.24) is 5.32 Å². The van der Waals surface area contributed by atoms with Crippen LogP contribution in [0.4, 0.5) is 13.2 Å². The number of aliphatic hydroxyl groups is 2. The summed E-state index contributed by atoms with van der Waals surface area (Å²) in [4.78, 5) is 79.1. The van der Waals surface area contributed by atoms with Gasteiger partial charge in [-0.15, -0.1) is 0 Å². The number of carbonyl (C=O) groups is 6. The zero-order valence-corrected chi connectivity index (χ0v) is 38.5. The number of alkyl halides is 3. The minimum absolute atomic E-state index is 0.206. The van der Waals surface area contributed by atoms with E-state index < -0.39 is 181 Å². The second-order valence-corrected chi connectivity index (χ2v) is 21.9. The molecule has 3 saturated heterocycles. The number of benzene rings is 1. The van der Waals surface area contributed by atoms with Gasteiger partial charge >= 0.3 is 41.9 Å². The Balaban J connectivity index is 1.35. The summed E-state index contributed by atoms with van der Waals surface area (Å²) in [7, 11) is -4.21. The average Bonchev–Trinajstić information content (AvgIpc) is 4.14. The average molecular weight is 972 g/mol. The Morgan fingerprint density at radius 3 is 2.10 bits per heavy atom. The van der Waals surface area contributed by atoms with Crippen molar-refractivity contribution in [3.63, 3.8) is 0 Å². The van der Waals surface area contributed by atoms with E-state index in [4.69, 9.17) is 37.3 Å². The number of nitrogens with one attached hydrogen (secondary N) is 1. The van der Waals surface area contributed by atoms with Crippen molar-refractivity contribution in [3.8, 4) is 0 Å². The molecule has 67 heavy (non-hydrogen) atoms. The third kappa shape index (κ3) is 6.28. The van der Waals surface area contributed by atoms with E-state index in [0.717, 1.165) is 40.0 Å². The molecule has 3 heterocycles. The minimum Gasteiger partial charge on any atom is -0.465 e. The Kier molecular flexibility index (Phi) is 10.5. The number of ether oxygens (including phenoxy) is 7. The highest BCUT2D eigenvalue weighted by atomic mass is 32.2. The van der Waals surface area contributed by atoms with E-state index in [2.05, 4.69) is 0 Å². The van der Waals surface area contributed by atoms with Gasteiger partial charge in [-0.3, -0.25) is 23.4 Å². The van der Waals surface area contributed by atoms with Crippen molar-refractivity contribution < 1.29 is 97.9 Å². The normalized spacial score (nSPS) is 47.4. The van der Waals surface area contributed by atoms with Crippen molar-refractivity contribution in [3.05, 3.63) is 29.8 Å². The zero-order chi connectivity index (χ0) is 49.3. The maximum Gasteiger partial charge on any atom is 0.471 e. The Hall–Kier alpha value is -4.42. The molecule has 19 nitrogen and oxygen atoms in total. The molecule has 21 atom stereocenters. The van der Waals surface area contributed by atoms with Crippen LogP contribution in [0.5, 0.6) is 0 Å². The third-order valence-corrected chi connectivity index (χ3v) is 18.6. The van der Waals surface area contributed by atoms with Crippen LogP contribution in [0.1, 0.15) is 72.2 Å². The summed E-state index contributed by atoms with van der Waals surface area (Å²) in [6.45, 7) is 10.6. The quantitative estimate of drug-likeness (QED) is 0.145. The van der Waals surface area contributed by atoms with Crippen molar-refractivity contribution in [2.24, 2.45) is 57.7 Å². The van der Waals surface area contributed by atoms with Crippen LogP contribution in [0.25, 0.3) is 0 Å². The molecule has 1 aromatic rings. The lowest BCUT2D eigenvalue weighted by atomic mass is 9.40. The molecule has 1 amide bonds. The lowest BCUT2D eigenvalue weighted by Gasteiger charge is -2.67. The van der Waals surface area contributed by atoms with Crippen molar-refractivity contribution in [1.29, 1.82) is 0 Å². The summed E-state index contributed by atoms with van der Waals surface area (Å²) in [5, 5.41) is 27.6. The highest BCUT2D eigenvalue weighted by Crippen LogP contribution is 2.81. The number of amides is 1. The van der Waals surface area contributed by atoms with Gasteiger partial charge in [0, 0.05) is 55.3 Å². The summed E-state index contributed by atoms with van der Waals surface area (Å²) in [6, 6.07) is 2.38. The maximum atomic E-state index is 14.9. The maximum absolute atomic E-state index is 14.9. The van der Waals surface area contributed by atoms with Crippen molar-refractivity contribution >= 4 is 45.9 Å². The Labute approximate surface area is 382 Å². The monoisotopic (exact) mass is 971 g/mol. The van der Waals surface area contributed by atoms with Crippen LogP contribution in [0.3, 0.4) is 0 Å². The molecule has 1 spiro atoms. The van der Waals surface area contributed by atoms with Gasteiger partial charge in [-0.1, -0.05) is 26.8 Å². The highest BCUT2D eigenvalue weighted by molar-refractivity contribution is 7.86. The molecule has 0 bridgehead atoms. The number of hydrogen-bond acceptors (Lipinski definition) is 18. The summed E-state index contributed by atoms with van der Waals surface area (Å²) in [5.74, 6) is -18.3. The van der Waals surface area contributed by atoms with Crippen LogP contribution in [-0.4, -0.2) is 134 Å². The molecular formula is C44H52F3NO18S. The fourth-order valence-electron chi connectivity index (χ4n) is 14.8. The van der Waals surface area contributed by atoms with Crippen LogP contribution in [-0.2, 0) is 71.4 Å². The fourth-order valence-corrected chi connectivity index (χ4v) is 15.9. The van der Waals surface area contributed by atoms with Gasteiger partial charge in [0.15, 0.2) is 5.60 Å². The molecular weight excluding hydrogens is 920 g/mol. The van der Waals surface area contributed by atoms with E-state index in [1.54, 1.807) is 13.8 Å². The molecule has 5 aliphatic carbocycles. The summed E-state index contributed by atoms with van der Waals surface area (Å²) >= 11 is 0. The Bertz CT molecular complexity index is 2470. The minimum atomic E-state index is -5.57. The lowest BCUT2D eigenvalue weighted by Crippen LogP contribution is -2.77. The largest absolute Gasteiger partial charge is 0.471 e. The molecule has 0 aromatic heterocycles. The van der Waals surface area contributed by atoms with Gasteiger partial charge in [0.1, 0.15) is 36.6 Å². The van der Waals surface area contributed by atoms with Gasteiger partial charge in [0.2, 0.25) is 5.79 Å². The first-order valence-corrected chi connectivity index (χ1v) is 23.4. The number of halogens is 3. The summed E-state index contributed by atoms with van der Waals surface area (Å²) in [6.07, 6.45) is -17.2. The van der Waals surface area contributed by atoms with Gasteiger partial charge in [0.25, 0.3) is 10.1 Å². The molecule has 9 rings (SSSR count). The van der Waals surface area contributed by atoms with E-state index in [1.165, 1.54) is 32.9 Å². The van der Waals surface area contributed by atoms with E-state index in [9.17, 15) is 60.6 Å². The van der Waals surface area contributed by atoms with E-state index in [1.807, 2.05) is 5.32 Å². The molecule has 1 aromatic carbocycles. The predicted octanol–water partition coefficient (Wildman–Crippen LogP) is 1.73. The topological polar surface area (TPSA) is 269 Å². The Morgan fingerprint density at radius 2 is 1.51 bits per heavy atom. The van der Waals surface area contributed by atoms with Crippen LogP contribution in [0.2, 0.25) is 0 Å². The number of epoxide rings is 2. The first-order valence-electron chi connectivity index (χ1n) is 21.9. The molecule has 3 N–H and O–H groups in total. The van der Waals surface area contributed by atoms with Crippen LogP contribution in [0, 0.1) is 57.7 Å². The SMILES string of the molecule is COC(=O)c1cccc(S(=O)(=O)O[C@H]2[C@H](NC(=O)C(F)(F)F)[C@H]3C[C@@H]4O[C@@H]4[C@H](OC(C)=O)[C@]3(C)[C@H]3[C@H](OC(C)=O)[C@H](OC(C)=O)[C@@]4(C)[C@@H]([C@@H](O)[C@@H]5[C@@H]4[C@H](C)[C@H]4O[C@]46OC(=O)[C@@](C)(O)[C@]56C)[C@H]23)c1. The standard InChI is InChI=1S/C44H52F3NO18S/c1-15-24-27(41(7)42(8,56)38(55)65-43(41)33(15)64-43)29(52)25-23-26(32(60-16(2)49)35(40(24,25)6)62-18(4)51)39(5)21(14-22-30(63-22)34(39)61-17(3)50)28(48-37(54)44(45,46)47)31(23)66-67(57,58)20-12-10-11-19(13-20)36(53)59-9/h10-13,15,21-35,52,56H,14H2,1-9H3,(H,48,54)/t15-,21+,22-,23-,24-,25+,26+,27-,28+,29+,30-,31+,32-,33+,34-,35-,39-,40+,41-,42+,43-/m0/s1. The van der Waals surface area contributed by atoms with E-state index >= 15 is 0 Å². The molecule has 5 saturated carbocycles. The van der Waals surface area contributed by atoms with Crippen LogP contribution >= 0.6 is 0 Å². The summed E-state index contributed by atoms with van der Waals surface area (Å²) in [5.41, 5.74) is -8.08. The first kappa shape index (κ1) is 47.6. The highest BCUT2D eigenvalue weighted by Gasteiger charge is 2.93. The second kappa shape index (κ2) is 14.8. The van der Waals surface area contributed by atoms with Gasteiger partial charge < -0.3 is 48.7 Å². The molecule has 368 valence electrons. The predicted molar refractivity (Wildman–Crippen MR) is 213 cm³/mol. The smallest absolute Gasteiger partial charge is 0.465 e. The van der Waals surface area contributed by atoms with E-state index in [0.29, 0.717) is 0 Å². The Morgan fingerprint density at radius 1 is 0.881 bits per heavy atom. The fraction of sp³-hybridized carbons (Fsp3) is 0.727. The van der Waals surface area contributed by atoms with Gasteiger partial charge in [-0.05, 0) is 56.2 Å². The lowest BCUT2D eigenvalue weighted by molar-refractivity contribution is -0.284. The number of aliphatic hydroxyl groups excluding tert-OH is 1. The number of methoxy groups -OCH3 is 1. The van der Waals surface area contributed by atoms with E-state index in [-0.39, 0.29) is 12.0 Å². The van der Waals surface area contributed by atoms with Crippen LogP contribution in [0.15, 0.2) is 29.2 Å². The molecule has 3 aliphatic heterocycles.